The Morgan fingerprint density at radius 3 is 2.10 bits per heavy atom. The van der Waals surface area contributed by atoms with Gasteiger partial charge in [0.05, 0.1) is 32.5 Å². The molecule has 0 aliphatic carbocycles. The van der Waals surface area contributed by atoms with E-state index in [9.17, 15) is 8.78 Å². The molecule has 0 aromatic carbocycles. The fraction of sp³-hybridized carbons (Fsp3) is 1.00. The molecule has 0 aliphatic rings. The summed E-state index contributed by atoms with van der Waals surface area (Å²) in [7, 11) is 0. The standard InChI is InChI=1S/C15H31F2NO3/c1-13(2)21-11-10-19-8-9-20-12-15(16,17)6-7-18-14(3,4)5/h13,18H,6-12H2,1-5H3. The maximum absolute atomic E-state index is 13.5. The van der Waals surface area contributed by atoms with Gasteiger partial charge in [-0.2, -0.15) is 0 Å². The molecule has 0 unspecified atom stereocenters. The average molecular weight is 311 g/mol. The van der Waals surface area contributed by atoms with Crippen LogP contribution in [0, 0.1) is 0 Å². The quantitative estimate of drug-likeness (QED) is 0.563. The predicted molar refractivity (Wildman–Crippen MR) is 80.0 cm³/mol. The molecule has 4 nitrogen and oxygen atoms in total. The van der Waals surface area contributed by atoms with E-state index in [-0.39, 0.29) is 31.2 Å². The Bertz CT molecular complexity index is 256. The first-order valence-electron chi connectivity index (χ1n) is 7.52. The Morgan fingerprint density at radius 1 is 0.952 bits per heavy atom. The van der Waals surface area contributed by atoms with Crippen LogP contribution in [0.1, 0.15) is 41.0 Å². The molecule has 21 heavy (non-hydrogen) atoms. The Balaban J connectivity index is 3.48. The summed E-state index contributed by atoms with van der Waals surface area (Å²) >= 11 is 0. The van der Waals surface area contributed by atoms with Crippen molar-refractivity contribution < 1.29 is 23.0 Å². The second-order valence-corrected chi connectivity index (χ2v) is 6.37. The minimum atomic E-state index is -2.81. The highest BCUT2D eigenvalue weighted by Crippen LogP contribution is 2.18. The van der Waals surface area contributed by atoms with Gasteiger partial charge < -0.3 is 19.5 Å². The average Bonchev–Trinajstić information content (AvgIpc) is 2.30. The Hall–Kier alpha value is -0.300. The van der Waals surface area contributed by atoms with Crippen molar-refractivity contribution in [1.82, 2.24) is 5.32 Å². The Labute approximate surface area is 127 Å². The van der Waals surface area contributed by atoms with Crippen molar-refractivity contribution in [2.45, 2.75) is 58.6 Å². The van der Waals surface area contributed by atoms with Crippen LogP contribution in [0.5, 0.6) is 0 Å². The van der Waals surface area contributed by atoms with Gasteiger partial charge in [-0.15, -0.1) is 0 Å². The van der Waals surface area contributed by atoms with Crippen LogP contribution in [0.15, 0.2) is 0 Å². The van der Waals surface area contributed by atoms with Crippen molar-refractivity contribution in [3.8, 4) is 0 Å². The molecule has 0 heterocycles. The third-order valence-electron chi connectivity index (χ3n) is 2.51. The molecule has 0 amide bonds. The minimum absolute atomic E-state index is 0.150. The number of hydrogen-bond acceptors (Lipinski definition) is 4. The molecule has 128 valence electrons. The van der Waals surface area contributed by atoms with E-state index < -0.39 is 12.5 Å². The monoisotopic (exact) mass is 311 g/mol. The predicted octanol–water partition coefficient (Wildman–Crippen LogP) is 2.86. The molecule has 0 rings (SSSR count). The van der Waals surface area contributed by atoms with Gasteiger partial charge >= 0.3 is 0 Å². The van der Waals surface area contributed by atoms with E-state index in [4.69, 9.17) is 14.2 Å². The maximum atomic E-state index is 13.5. The van der Waals surface area contributed by atoms with Crippen LogP contribution in [0.3, 0.4) is 0 Å². The lowest BCUT2D eigenvalue weighted by Gasteiger charge is -2.23. The van der Waals surface area contributed by atoms with Crippen molar-refractivity contribution in [1.29, 1.82) is 0 Å². The van der Waals surface area contributed by atoms with Gasteiger partial charge in [0.15, 0.2) is 0 Å². The summed E-state index contributed by atoms with van der Waals surface area (Å²) in [6.45, 7) is 10.9. The molecule has 0 fully saturated rings. The van der Waals surface area contributed by atoms with Crippen molar-refractivity contribution in [2.24, 2.45) is 0 Å². The smallest absolute Gasteiger partial charge is 0.272 e. The molecule has 6 heteroatoms. The molecule has 0 atom stereocenters. The van der Waals surface area contributed by atoms with Gasteiger partial charge in [0, 0.05) is 18.5 Å². The first-order valence-corrected chi connectivity index (χ1v) is 7.52. The lowest BCUT2D eigenvalue weighted by Crippen LogP contribution is -2.39. The molecular weight excluding hydrogens is 280 g/mol. The Morgan fingerprint density at radius 2 is 1.52 bits per heavy atom. The summed E-state index contributed by atoms with van der Waals surface area (Å²) in [5.41, 5.74) is -0.150. The van der Waals surface area contributed by atoms with Crippen molar-refractivity contribution >= 4 is 0 Å². The molecule has 0 bridgehead atoms. The van der Waals surface area contributed by atoms with E-state index >= 15 is 0 Å². The summed E-state index contributed by atoms with van der Waals surface area (Å²) in [6.07, 6.45) is -0.0573. The molecule has 0 saturated carbocycles. The lowest BCUT2D eigenvalue weighted by molar-refractivity contribution is -0.0917. The highest BCUT2D eigenvalue weighted by molar-refractivity contribution is 4.73. The van der Waals surface area contributed by atoms with Gasteiger partial charge in [-0.05, 0) is 34.6 Å². The summed E-state index contributed by atoms with van der Waals surface area (Å²) in [6, 6.07) is 0. The van der Waals surface area contributed by atoms with Crippen molar-refractivity contribution in [3.05, 3.63) is 0 Å². The fourth-order valence-corrected chi connectivity index (χ4v) is 1.48. The number of hydrogen-bond donors (Lipinski definition) is 1. The first kappa shape index (κ1) is 20.7. The van der Waals surface area contributed by atoms with Crippen LogP contribution < -0.4 is 5.32 Å². The van der Waals surface area contributed by atoms with Gasteiger partial charge in [0.25, 0.3) is 5.92 Å². The fourth-order valence-electron chi connectivity index (χ4n) is 1.48. The number of halogens is 2. The molecule has 0 aliphatic heterocycles. The molecule has 0 radical (unpaired) electrons. The van der Waals surface area contributed by atoms with E-state index in [0.29, 0.717) is 19.8 Å². The van der Waals surface area contributed by atoms with Gasteiger partial charge in [-0.1, -0.05) is 0 Å². The van der Waals surface area contributed by atoms with Gasteiger partial charge in [-0.25, -0.2) is 8.78 Å². The van der Waals surface area contributed by atoms with Crippen LogP contribution in [0.2, 0.25) is 0 Å². The second kappa shape index (κ2) is 10.4. The van der Waals surface area contributed by atoms with E-state index in [1.807, 2.05) is 34.6 Å². The van der Waals surface area contributed by atoms with Crippen LogP contribution in [0.25, 0.3) is 0 Å². The normalized spacial score (nSPS) is 13.1. The first-order chi connectivity index (χ1) is 9.62. The van der Waals surface area contributed by atoms with E-state index in [2.05, 4.69) is 5.32 Å². The number of rotatable bonds is 12. The molecule has 0 spiro atoms. The van der Waals surface area contributed by atoms with Gasteiger partial charge in [0.2, 0.25) is 0 Å². The van der Waals surface area contributed by atoms with E-state index in [1.165, 1.54) is 0 Å². The zero-order chi connectivity index (χ0) is 16.4. The van der Waals surface area contributed by atoms with Crippen LogP contribution in [-0.2, 0) is 14.2 Å². The van der Waals surface area contributed by atoms with Crippen LogP contribution in [0.4, 0.5) is 8.78 Å². The molecular formula is C15H31F2NO3. The molecule has 1 N–H and O–H groups in total. The molecule has 0 aromatic heterocycles. The lowest BCUT2D eigenvalue weighted by atomic mass is 10.1. The Kier molecular flexibility index (Phi) is 10.3. The second-order valence-electron chi connectivity index (χ2n) is 6.37. The van der Waals surface area contributed by atoms with Gasteiger partial charge in [-0.3, -0.25) is 0 Å². The number of alkyl halides is 2. The molecule has 0 aromatic rings. The van der Waals surface area contributed by atoms with Crippen LogP contribution in [-0.4, -0.2) is 57.1 Å². The summed E-state index contributed by atoms with van der Waals surface area (Å²) in [4.78, 5) is 0. The minimum Gasteiger partial charge on any atom is -0.377 e. The number of nitrogens with one attached hydrogen (secondary N) is 1. The maximum Gasteiger partial charge on any atom is 0.272 e. The van der Waals surface area contributed by atoms with Crippen molar-refractivity contribution in [3.63, 3.8) is 0 Å². The topological polar surface area (TPSA) is 39.7 Å². The highest BCUT2D eigenvalue weighted by Gasteiger charge is 2.29. The van der Waals surface area contributed by atoms with Crippen LogP contribution >= 0.6 is 0 Å². The highest BCUT2D eigenvalue weighted by atomic mass is 19.3. The summed E-state index contributed by atoms with van der Waals surface area (Å²) in [5, 5.41) is 3.04. The summed E-state index contributed by atoms with van der Waals surface area (Å²) in [5.74, 6) is -2.81. The largest absolute Gasteiger partial charge is 0.377 e. The SMILES string of the molecule is CC(C)OCCOCCOCC(F)(F)CCNC(C)(C)C. The molecule has 0 saturated heterocycles. The number of ether oxygens (including phenoxy) is 3. The zero-order valence-electron chi connectivity index (χ0n) is 14.0. The third kappa shape index (κ3) is 15.9. The summed E-state index contributed by atoms with van der Waals surface area (Å²) < 4.78 is 42.4. The van der Waals surface area contributed by atoms with Gasteiger partial charge in [0.1, 0.15) is 6.61 Å². The third-order valence-corrected chi connectivity index (χ3v) is 2.51. The van der Waals surface area contributed by atoms with E-state index in [1.54, 1.807) is 0 Å². The van der Waals surface area contributed by atoms with E-state index in [0.717, 1.165) is 0 Å². The zero-order valence-corrected chi connectivity index (χ0v) is 14.0. The van der Waals surface area contributed by atoms with Crippen molar-refractivity contribution in [2.75, 3.05) is 39.6 Å².